The van der Waals surface area contributed by atoms with E-state index < -0.39 is 47.0 Å². The molecule has 2 heterocycles. The van der Waals surface area contributed by atoms with Crippen LogP contribution in [0.15, 0.2) is 60.7 Å². The Balaban J connectivity index is 1.61. The number of nitrogens with one attached hydrogen (secondary N) is 1. The minimum absolute atomic E-state index is 0.00210. The maximum Gasteiger partial charge on any atom is 0.338 e. The topological polar surface area (TPSA) is 158 Å². The number of hydrogen-bond acceptors (Lipinski definition) is 9. The Hall–Kier alpha value is -4.94. The average molecular weight is 651 g/mol. The Bertz CT molecular complexity index is 1430. The number of methoxy groups -OCH3 is 1. The molecule has 2 aromatic carbocycles. The lowest BCUT2D eigenvalue weighted by atomic mass is 10.1. The second kappa shape index (κ2) is 17.1. The summed E-state index contributed by atoms with van der Waals surface area (Å²) in [4.78, 5) is 67.5. The van der Waals surface area contributed by atoms with Gasteiger partial charge in [-0.15, -0.1) is 0 Å². The van der Waals surface area contributed by atoms with Crippen LogP contribution in [-0.4, -0.2) is 83.6 Å². The van der Waals surface area contributed by atoms with Crippen LogP contribution in [0.3, 0.4) is 0 Å². The van der Waals surface area contributed by atoms with Crippen LogP contribution < -0.4 is 10.1 Å². The van der Waals surface area contributed by atoms with E-state index in [1.54, 1.807) is 18.9 Å². The Kier molecular flexibility index (Phi) is 12.7. The van der Waals surface area contributed by atoms with Crippen LogP contribution in [-0.2, 0) is 25.6 Å². The first kappa shape index (κ1) is 34.9. The fourth-order valence-corrected chi connectivity index (χ4v) is 5.66. The molecule has 0 bridgehead atoms. The van der Waals surface area contributed by atoms with Crippen LogP contribution in [0.1, 0.15) is 67.8 Å². The molecular weight excluding hydrogens is 608 g/mol. The number of carbonyl (C=O) groups is 4. The minimum Gasteiger partial charge on any atom is -0.497 e. The molecule has 13 heteroatoms. The summed E-state index contributed by atoms with van der Waals surface area (Å²) >= 11 is 0. The van der Waals surface area contributed by atoms with Crippen molar-refractivity contribution in [3.8, 4) is 5.75 Å². The van der Waals surface area contributed by atoms with Gasteiger partial charge in [0, 0.05) is 31.6 Å². The molecule has 3 atom stereocenters. The summed E-state index contributed by atoms with van der Waals surface area (Å²) in [7, 11) is 1.58. The average Bonchev–Trinajstić information content (AvgIpc) is 3.49. The lowest BCUT2D eigenvalue weighted by Crippen LogP contribution is -2.53. The maximum atomic E-state index is 14.3. The summed E-state index contributed by atoms with van der Waals surface area (Å²) in [6.07, 6.45) is 7.55. The van der Waals surface area contributed by atoms with Gasteiger partial charge in [-0.2, -0.15) is 0 Å². The highest BCUT2D eigenvalue weighted by Gasteiger charge is 2.44. The van der Waals surface area contributed by atoms with Gasteiger partial charge in [-0.1, -0.05) is 30.7 Å². The van der Waals surface area contributed by atoms with Crippen molar-refractivity contribution in [2.45, 2.75) is 76.6 Å². The molecule has 4 rings (SSSR count). The number of esters is 2. The molecule has 1 saturated heterocycles. The van der Waals surface area contributed by atoms with Gasteiger partial charge in [0.25, 0.3) is 5.69 Å². The molecule has 2 aromatic rings. The standard InChI is InChI=1S/C34H42N4O9/c1-3-46-33(41)29-11-9-7-5-4-6-8-10-20-36(22-24-12-18-27(45-2)19-13-24)34(42)37-23-28(21-30(37)31(39)35-29)47-32(40)25-14-16-26(17-15-25)38(43)44/h5,7,12-19,28-30H,3-4,6,8-11,20-23H2,1-2H3,(H,35,39). The zero-order valence-corrected chi connectivity index (χ0v) is 26.8. The smallest absolute Gasteiger partial charge is 0.338 e. The summed E-state index contributed by atoms with van der Waals surface area (Å²) in [6, 6.07) is 10.0. The zero-order chi connectivity index (χ0) is 33.8. The summed E-state index contributed by atoms with van der Waals surface area (Å²) in [5, 5.41) is 13.8. The number of rotatable bonds is 8. The highest BCUT2D eigenvalue weighted by atomic mass is 16.6. The number of amides is 3. The predicted molar refractivity (Wildman–Crippen MR) is 172 cm³/mol. The summed E-state index contributed by atoms with van der Waals surface area (Å²) in [5.74, 6) is -1.16. The van der Waals surface area contributed by atoms with Gasteiger partial charge in [0.15, 0.2) is 0 Å². The third-order valence-electron chi connectivity index (χ3n) is 8.18. The largest absolute Gasteiger partial charge is 0.497 e. The molecule has 13 nitrogen and oxygen atoms in total. The number of nitro groups is 1. The van der Waals surface area contributed by atoms with Crippen molar-refractivity contribution in [2.24, 2.45) is 0 Å². The molecule has 0 spiro atoms. The second-order valence-electron chi connectivity index (χ2n) is 11.5. The number of nitrogens with zero attached hydrogens (tertiary/aromatic N) is 3. The first-order chi connectivity index (χ1) is 22.7. The van der Waals surface area contributed by atoms with E-state index in [4.69, 9.17) is 14.2 Å². The molecule has 3 unspecified atom stereocenters. The van der Waals surface area contributed by atoms with Crippen LogP contribution in [0.25, 0.3) is 0 Å². The summed E-state index contributed by atoms with van der Waals surface area (Å²) in [5.41, 5.74) is 0.804. The van der Waals surface area contributed by atoms with Crippen LogP contribution in [0.5, 0.6) is 5.75 Å². The number of fused-ring (bicyclic) bond motifs is 1. The van der Waals surface area contributed by atoms with E-state index in [1.165, 1.54) is 29.2 Å². The van der Waals surface area contributed by atoms with Gasteiger partial charge in [-0.3, -0.25) is 14.9 Å². The molecule has 1 N–H and O–H groups in total. The van der Waals surface area contributed by atoms with E-state index in [-0.39, 0.29) is 37.4 Å². The first-order valence-corrected chi connectivity index (χ1v) is 16.0. The van der Waals surface area contributed by atoms with Crippen molar-refractivity contribution in [1.29, 1.82) is 0 Å². The Morgan fingerprint density at radius 3 is 2.40 bits per heavy atom. The lowest BCUT2D eigenvalue weighted by Gasteiger charge is -2.32. The van der Waals surface area contributed by atoms with Gasteiger partial charge in [0.2, 0.25) is 5.91 Å². The van der Waals surface area contributed by atoms with Crippen molar-refractivity contribution in [1.82, 2.24) is 15.1 Å². The molecule has 0 aromatic heterocycles. The van der Waals surface area contributed by atoms with Crippen molar-refractivity contribution in [3.63, 3.8) is 0 Å². The van der Waals surface area contributed by atoms with E-state index in [2.05, 4.69) is 11.4 Å². The monoisotopic (exact) mass is 650 g/mol. The quantitative estimate of drug-likeness (QED) is 0.184. The van der Waals surface area contributed by atoms with Crippen LogP contribution >= 0.6 is 0 Å². The molecule has 47 heavy (non-hydrogen) atoms. The van der Waals surface area contributed by atoms with Gasteiger partial charge in [0.05, 0.1) is 30.7 Å². The predicted octanol–water partition coefficient (Wildman–Crippen LogP) is 4.78. The number of carbonyl (C=O) groups excluding carboxylic acids is 4. The van der Waals surface area contributed by atoms with Crippen molar-refractivity contribution in [3.05, 3.63) is 81.9 Å². The Labute approximate surface area is 274 Å². The van der Waals surface area contributed by atoms with E-state index in [0.29, 0.717) is 25.1 Å². The van der Waals surface area contributed by atoms with E-state index in [1.807, 2.05) is 30.3 Å². The van der Waals surface area contributed by atoms with Gasteiger partial charge in [-0.25, -0.2) is 14.4 Å². The fourth-order valence-electron chi connectivity index (χ4n) is 5.66. The van der Waals surface area contributed by atoms with Crippen LogP contribution in [0, 0.1) is 10.1 Å². The Morgan fingerprint density at radius 2 is 1.72 bits per heavy atom. The molecular formula is C34H42N4O9. The number of hydrogen-bond donors (Lipinski definition) is 1. The molecule has 252 valence electrons. The maximum absolute atomic E-state index is 14.3. The molecule has 2 aliphatic rings. The third-order valence-corrected chi connectivity index (χ3v) is 8.18. The van der Waals surface area contributed by atoms with E-state index in [9.17, 15) is 29.3 Å². The Morgan fingerprint density at radius 1 is 1.00 bits per heavy atom. The van der Waals surface area contributed by atoms with Crippen LogP contribution in [0.2, 0.25) is 0 Å². The molecule has 0 saturated carbocycles. The number of allylic oxidation sites excluding steroid dienone is 2. The number of benzene rings is 2. The normalized spacial score (nSPS) is 21.0. The van der Waals surface area contributed by atoms with E-state index >= 15 is 0 Å². The number of urea groups is 1. The first-order valence-electron chi connectivity index (χ1n) is 16.0. The summed E-state index contributed by atoms with van der Waals surface area (Å²) < 4.78 is 16.2. The fraction of sp³-hybridized carbons (Fsp3) is 0.471. The van der Waals surface area contributed by atoms with Crippen LogP contribution in [0.4, 0.5) is 10.5 Å². The number of ether oxygens (including phenoxy) is 3. The molecule has 1 fully saturated rings. The number of non-ortho nitro benzene ring substituents is 1. The van der Waals surface area contributed by atoms with Gasteiger partial charge in [0.1, 0.15) is 23.9 Å². The SMILES string of the molecule is CCOC(=O)C1CCC=CCCCCCN(Cc2ccc(OC)cc2)C(=O)N2CC(OC(=O)c3ccc([N+](=O)[O-])cc3)CC2C(=O)N1. The highest BCUT2D eigenvalue weighted by molar-refractivity contribution is 5.92. The van der Waals surface area contributed by atoms with Crippen molar-refractivity contribution < 1.29 is 38.3 Å². The van der Waals surface area contributed by atoms with Crippen molar-refractivity contribution in [2.75, 3.05) is 26.8 Å². The summed E-state index contributed by atoms with van der Waals surface area (Å²) in [6.45, 7) is 2.51. The second-order valence-corrected chi connectivity index (χ2v) is 11.5. The molecule has 3 amide bonds. The zero-order valence-electron chi connectivity index (χ0n) is 26.8. The minimum atomic E-state index is -1.03. The number of nitro benzene ring substituents is 1. The van der Waals surface area contributed by atoms with Gasteiger partial charge >= 0.3 is 18.0 Å². The third kappa shape index (κ3) is 9.77. The van der Waals surface area contributed by atoms with Crippen molar-refractivity contribution >= 4 is 29.6 Å². The van der Waals surface area contributed by atoms with Gasteiger partial charge < -0.3 is 29.3 Å². The van der Waals surface area contributed by atoms with Gasteiger partial charge in [-0.05, 0) is 68.9 Å². The lowest BCUT2D eigenvalue weighted by molar-refractivity contribution is -0.384. The molecule has 2 aliphatic heterocycles. The molecule has 0 radical (unpaired) electrons. The molecule has 0 aliphatic carbocycles. The highest BCUT2D eigenvalue weighted by Crippen LogP contribution is 2.26. The van der Waals surface area contributed by atoms with E-state index in [0.717, 1.165) is 31.2 Å².